The van der Waals surface area contributed by atoms with Crippen molar-refractivity contribution in [3.05, 3.63) is 65.7 Å². The van der Waals surface area contributed by atoms with Crippen LogP contribution in [0.4, 0.5) is 0 Å². The first-order valence-electron chi connectivity index (χ1n) is 11.7. The maximum Gasteiger partial charge on any atom is 0.253 e. The van der Waals surface area contributed by atoms with Gasteiger partial charge in [-0.05, 0) is 49.6 Å². The number of rotatable bonds is 7. The van der Waals surface area contributed by atoms with Gasteiger partial charge in [0.2, 0.25) is 11.8 Å². The third-order valence-corrected chi connectivity index (χ3v) is 6.34. The van der Waals surface area contributed by atoms with E-state index < -0.39 is 0 Å². The molecule has 0 spiro atoms. The smallest absolute Gasteiger partial charge is 0.253 e. The minimum Gasteiger partial charge on any atom is -0.494 e. The monoisotopic (exact) mass is 449 g/mol. The summed E-state index contributed by atoms with van der Waals surface area (Å²) in [7, 11) is 0. The Morgan fingerprint density at radius 3 is 2.39 bits per heavy atom. The number of benzene rings is 2. The summed E-state index contributed by atoms with van der Waals surface area (Å²) in [5.74, 6) is 0.402. The lowest BCUT2D eigenvalue weighted by Gasteiger charge is -2.33. The molecular formula is C26H31N3O4. The Balaban J connectivity index is 1.23. The molecule has 0 saturated carbocycles. The van der Waals surface area contributed by atoms with Crippen LogP contribution in [0.25, 0.3) is 0 Å². The van der Waals surface area contributed by atoms with Crippen LogP contribution in [-0.4, -0.2) is 59.8 Å². The highest BCUT2D eigenvalue weighted by molar-refractivity contribution is 5.94. The van der Waals surface area contributed by atoms with Crippen molar-refractivity contribution in [1.82, 2.24) is 15.1 Å². The molecule has 2 fully saturated rings. The second-order valence-corrected chi connectivity index (χ2v) is 8.69. The van der Waals surface area contributed by atoms with Crippen LogP contribution >= 0.6 is 0 Å². The molecule has 2 saturated heterocycles. The highest BCUT2D eigenvalue weighted by Gasteiger charge is 2.35. The molecule has 1 atom stereocenters. The molecule has 0 aromatic heterocycles. The maximum atomic E-state index is 12.8. The molecular weight excluding hydrogens is 418 g/mol. The molecule has 1 N–H and O–H groups in total. The van der Waals surface area contributed by atoms with Crippen molar-refractivity contribution in [2.45, 2.75) is 38.8 Å². The Kier molecular flexibility index (Phi) is 7.27. The molecule has 0 aliphatic carbocycles. The average Bonchev–Trinajstić information content (AvgIpc) is 3.21. The van der Waals surface area contributed by atoms with E-state index in [2.05, 4.69) is 5.32 Å². The topological polar surface area (TPSA) is 79.0 Å². The lowest BCUT2D eigenvalue weighted by atomic mass is 10.0. The quantitative estimate of drug-likeness (QED) is 0.705. The van der Waals surface area contributed by atoms with Crippen LogP contribution in [0.3, 0.4) is 0 Å². The Morgan fingerprint density at radius 1 is 1.03 bits per heavy atom. The van der Waals surface area contributed by atoms with Gasteiger partial charge in [0.15, 0.2) is 0 Å². The van der Waals surface area contributed by atoms with Crippen LogP contribution in [0, 0.1) is 5.92 Å². The molecule has 2 heterocycles. The first-order chi connectivity index (χ1) is 16.0. The predicted octanol–water partition coefficient (Wildman–Crippen LogP) is 2.85. The van der Waals surface area contributed by atoms with Crippen molar-refractivity contribution in [2.24, 2.45) is 5.92 Å². The molecule has 2 aliphatic heterocycles. The number of likely N-dealkylation sites (tertiary alicyclic amines) is 2. The summed E-state index contributed by atoms with van der Waals surface area (Å²) in [6.45, 7) is 4.70. The van der Waals surface area contributed by atoms with Crippen LogP contribution in [0.15, 0.2) is 54.6 Å². The summed E-state index contributed by atoms with van der Waals surface area (Å²) in [6, 6.07) is 17.1. The number of hydrogen-bond donors (Lipinski definition) is 1. The standard InChI is InChI=1S/C26H31N3O4/c1-2-33-23-10-8-20(9-11-23)26(32)28-14-12-22(13-15-28)27-25(31)21-16-24(30)29(18-21)17-19-6-4-3-5-7-19/h3-11,21-22H,2,12-18H2,1H3,(H,27,31). The van der Waals surface area contributed by atoms with E-state index in [0.717, 1.165) is 11.3 Å². The molecule has 2 aliphatic rings. The summed E-state index contributed by atoms with van der Waals surface area (Å²) in [5, 5.41) is 3.11. The highest BCUT2D eigenvalue weighted by atomic mass is 16.5. The highest BCUT2D eigenvalue weighted by Crippen LogP contribution is 2.22. The number of amides is 3. The number of piperidine rings is 1. The van der Waals surface area contributed by atoms with Crippen molar-refractivity contribution in [1.29, 1.82) is 0 Å². The summed E-state index contributed by atoms with van der Waals surface area (Å²) in [5.41, 5.74) is 1.71. The normalized spacial score (nSPS) is 18.9. The number of nitrogens with zero attached hydrogens (tertiary/aromatic N) is 2. The average molecular weight is 450 g/mol. The Bertz CT molecular complexity index is 969. The molecule has 4 rings (SSSR count). The molecule has 0 radical (unpaired) electrons. The van der Waals surface area contributed by atoms with E-state index in [4.69, 9.17) is 4.74 Å². The van der Waals surface area contributed by atoms with E-state index in [9.17, 15) is 14.4 Å². The van der Waals surface area contributed by atoms with E-state index in [0.29, 0.717) is 51.2 Å². The van der Waals surface area contributed by atoms with Gasteiger partial charge in [0, 0.05) is 44.2 Å². The summed E-state index contributed by atoms with van der Waals surface area (Å²) in [6.07, 6.45) is 1.68. The largest absolute Gasteiger partial charge is 0.494 e. The van der Waals surface area contributed by atoms with Crippen LogP contribution in [-0.2, 0) is 16.1 Å². The van der Waals surface area contributed by atoms with Gasteiger partial charge < -0.3 is 19.9 Å². The zero-order valence-electron chi connectivity index (χ0n) is 19.0. The Hall–Kier alpha value is -3.35. The Labute approximate surface area is 194 Å². The van der Waals surface area contributed by atoms with Crippen molar-refractivity contribution in [2.75, 3.05) is 26.2 Å². The fraction of sp³-hybridized carbons (Fsp3) is 0.423. The minimum atomic E-state index is -0.315. The number of carbonyl (C=O) groups is 3. The number of ether oxygens (including phenoxy) is 1. The van der Waals surface area contributed by atoms with Crippen LogP contribution in [0.2, 0.25) is 0 Å². The molecule has 174 valence electrons. The van der Waals surface area contributed by atoms with Gasteiger partial charge in [-0.2, -0.15) is 0 Å². The molecule has 7 nitrogen and oxygen atoms in total. The molecule has 0 bridgehead atoms. The van der Waals surface area contributed by atoms with Gasteiger partial charge >= 0.3 is 0 Å². The van der Waals surface area contributed by atoms with Gasteiger partial charge in [-0.1, -0.05) is 30.3 Å². The molecule has 3 amide bonds. The fourth-order valence-electron chi connectivity index (χ4n) is 4.49. The van der Waals surface area contributed by atoms with Crippen molar-refractivity contribution in [3.63, 3.8) is 0 Å². The van der Waals surface area contributed by atoms with Crippen molar-refractivity contribution < 1.29 is 19.1 Å². The van der Waals surface area contributed by atoms with Gasteiger partial charge in [0.05, 0.1) is 12.5 Å². The third kappa shape index (κ3) is 5.72. The third-order valence-electron chi connectivity index (χ3n) is 6.34. The van der Waals surface area contributed by atoms with Gasteiger partial charge in [0.1, 0.15) is 5.75 Å². The first-order valence-corrected chi connectivity index (χ1v) is 11.7. The molecule has 2 aromatic carbocycles. The van der Waals surface area contributed by atoms with E-state index in [-0.39, 0.29) is 36.1 Å². The van der Waals surface area contributed by atoms with E-state index in [1.165, 1.54) is 0 Å². The van der Waals surface area contributed by atoms with E-state index in [1.54, 1.807) is 17.0 Å². The number of carbonyl (C=O) groups excluding carboxylic acids is 3. The van der Waals surface area contributed by atoms with Gasteiger partial charge in [-0.3, -0.25) is 14.4 Å². The van der Waals surface area contributed by atoms with Gasteiger partial charge in [-0.25, -0.2) is 0 Å². The van der Waals surface area contributed by atoms with E-state index in [1.807, 2.05) is 54.3 Å². The summed E-state index contributed by atoms with van der Waals surface area (Å²) in [4.78, 5) is 41.6. The first kappa shape index (κ1) is 22.8. The summed E-state index contributed by atoms with van der Waals surface area (Å²) < 4.78 is 5.43. The van der Waals surface area contributed by atoms with Crippen LogP contribution < -0.4 is 10.1 Å². The van der Waals surface area contributed by atoms with Crippen molar-refractivity contribution in [3.8, 4) is 5.75 Å². The SMILES string of the molecule is CCOc1ccc(C(=O)N2CCC(NC(=O)C3CC(=O)N(Cc4ccccc4)C3)CC2)cc1. The lowest BCUT2D eigenvalue weighted by Crippen LogP contribution is -2.48. The molecule has 1 unspecified atom stereocenters. The Morgan fingerprint density at radius 2 is 1.73 bits per heavy atom. The number of hydrogen-bond acceptors (Lipinski definition) is 4. The maximum absolute atomic E-state index is 12.8. The number of nitrogens with one attached hydrogen (secondary N) is 1. The van der Waals surface area contributed by atoms with Gasteiger partial charge in [-0.15, -0.1) is 0 Å². The molecule has 7 heteroatoms. The fourth-order valence-corrected chi connectivity index (χ4v) is 4.49. The molecule has 33 heavy (non-hydrogen) atoms. The zero-order valence-corrected chi connectivity index (χ0v) is 19.0. The van der Waals surface area contributed by atoms with Crippen LogP contribution in [0.1, 0.15) is 42.1 Å². The second-order valence-electron chi connectivity index (χ2n) is 8.69. The van der Waals surface area contributed by atoms with E-state index >= 15 is 0 Å². The van der Waals surface area contributed by atoms with Crippen molar-refractivity contribution >= 4 is 17.7 Å². The van der Waals surface area contributed by atoms with Gasteiger partial charge in [0.25, 0.3) is 5.91 Å². The van der Waals surface area contributed by atoms with Crippen LogP contribution in [0.5, 0.6) is 5.75 Å². The predicted molar refractivity (Wildman–Crippen MR) is 125 cm³/mol. The summed E-state index contributed by atoms with van der Waals surface area (Å²) >= 11 is 0. The lowest BCUT2D eigenvalue weighted by molar-refractivity contribution is -0.129. The zero-order chi connectivity index (χ0) is 23.2. The minimum absolute atomic E-state index is 0.000711. The molecule has 2 aromatic rings. The second kappa shape index (κ2) is 10.5.